The molecule has 0 bridgehead atoms. The third kappa shape index (κ3) is 4.75. The van der Waals surface area contributed by atoms with Crippen LogP contribution in [0.1, 0.15) is 38.4 Å². The van der Waals surface area contributed by atoms with Gasteiger partial charge < -0.3 is 14.6 Å². The third-order valence-corrected chi connectivity index (χ3v) is 2.48. The normalized spacial score (nSPS) is 11.9. The van der Waals surface area contributed by atoms with Crippen molar-refractivity contribution >= 4 is 5.97 Å². The van der Waals surface area contributed by atoms with E-state index in [4.69, 9.17) is 9.47 Å². The minimum atomic E-state index is -0.671. The van der Waals surface area contributed by atoms with Gasteiger partial charge in [-0.1, -0.05) is 12.1 Å². The van der Waals surface area contributed by atoms with Crippen LogP contribution in [0.3, 0.4) is 0 Å². The van der Waals surface area contributed by atoms with Crippen LogP contribution in [-0.4, -0.2) is 24.3 Å². The lowest BCUT2D eigenvalue weighted by Crippen LogP contribution is -2.07. The van der Waals surface area contributed by atoms with E-state index in [1.807, 2.05) is 25.1 Å². The Morgan fingerprint density at radius 3 is 2.78 bits per heavy atom. The van der Waals surface area contributed by atoms with Crippen LogP contribution in [0.25, 0.3) is 0 Å². The van der Waals surface area contributed by atoms with Crippen molar-refractivity contribution in [2.75, 3.05) is 13.2 Å². The Hall–Kier alpha value is -1.55. The molecule has 1 rings (SSSR count). The van der Waals surface area contributed by atoms with Crippen molar-refractivity contribution in [1.82, 2.24) is 0 Å². The first-order valence-corrected chi connectivity index (χ1v) is 6.23. The fraction of sp³-hybridized carbons (Fsp3) is 0.500. The Bertz CT molecular complexity index is 376. The van der Waals surface area contributed by atoms with E-state index >= 15 is 0 Å². The number of rotatable bonds is 7. The average molecular weight is 252 g/mol. The SMILES string of the molecule is CCOC(=O)CCC(O)c1cccc(OCC)c1. The summed E-state index contributed by atoms with van der Waals surface area (Å²) in [5.41, 5.74) is 0.755. The number of aliphatic hydroxyl groups excluding tert-OH is 1. The Labute approximate surface area is 108 Å². The molecule has 0 saturated heterocycles. The lowest BCUT2D eigenvalue weighted by Gasteiger charge is -2.12. The van der Waals surface area contributed by atoms with E-state index in [1.165, 1.54) is 0 Å². The van der Waals surface area contributed by atoms with E-state index in [2.05, 4.69) is 0 Å². The molecule has 4 nitrogen and oxygen atoms in total. The largest absolute Gasteiger partial charge is 0.494 e. The first-order chi connectivity index (χ1) is 8.67. The second kappa shape index (κ2) is 7.71. The fourth-order valence-electron chi connectivity index (χ4n) is 1.63. The summed E-state index contributed by atoms with van der Waals surface area (Å²) in [4.78, 5) is 11.2. The standard InChI is InChI=1S/C14H20O4/c1-3-17-12-7-5-6-11(10-12)13(15)8-9-14(16)18-4-2/h5-7,10,13,15H,3-4,8-9H2,1-2H3. The lowest BCUT2D eigenvalue weighted by atomic mass is 10.0. The molecule has 0 amide bonds. The number of hydrogen-bond acceptors (Lipinski definition) is 4. The zero-order valence-corrected chi connectivity index (χ0v) is 10.9. The Morgan fingerprint density at radius 1 is 1.33 bits per heavy atom. The molecular weight excluding hydrogens is 232 g/mol. The molecule has 0 fully saturated rings. The predicted molar refractivity (Wildman–Crippen MR) is 68.4 cm³/mol. The molecule has 1 N–H and O–H groups in total. The molecule has 0 aliphatic carbocycles. The lowest BCUT2D eigenvalue weighted by molar-refractivity contribution is -0.143. The van der Waals surface area contributed by atoms with Gasteiger partial charge in [-0.25, -0.2) is 0 Å². The Morgan fingerprint density at radius 2 is 2.11 bits per heavy atom. The summed E-state index contributed by atoms with van der Waals surface area (Å²) in [7, 11) is 0. The molecule has 1 unspecified atom stereocenters. The number of benzene rings is 1. The van der Waals surface area contributed by atoms with Gasteiger partial charge in [-0.2, -0.15) is 0 Å². The van der Waals surface area contributed by atoms with Gasteiger partial charge in [-0.05, 0) is 38.0 Å². The Balaban J connectivity index is 2.52. The molecule has 0 spiro atoms. The topological polar surface area (TPSA) is 55.8 Å². The van der Waals surface area contributed by atoms with Gasteiger partial charge in [0.25, 0.3) is 0 Å². The van der Waals surface area contributed by atoms with Crippen molar-refractivity contribution in [2.45, 2.75) is 32.8 Å². The maximum Gasteiger partial charge on any atom is 0.305 e. The number of ether oxygens (including phenoxy) is 2. The van der Waals surface area contributed by atoms with Crippen LogP contribution in [0.5, 0.6) is 5.75 Å². The van der Waals surface area contributed by atoms with E-state index < -0.39 is 6.10 Å². The Kier molecular flexibility index (Phi) is 6.22. The summed E-state index contributed by atoms with van der Waals surface area (Å²) >= 11 is 0. The highest BCUT2D eigenvalue weighted by Crippen LogP contribution is 2.22. The van der Waals surface area contributed by atoms with Crippen LogP contribution in [-0.2, 0) is 9.53 Å². The van der Waals surface area contributed by atoms with Crippen LogP contribution in [0, 0.1) is 0 Å². The number of carbonyl (C=O) groups is 1. The number of aliphatic hydroxyl groups is 1. The molecule has 0 aromatic heterocycles. The van der Waals surface area contributed by atoms with Crippen LogP contribution in [0.2, 0.25) is 0 Å². The summed E-state index contributed by atoms with van der Waals surface area (Å²) in [6.07, 6.45) is -0.0998. The molecular formula is C14H20O4. The summed E-state index contributed by atoms with van der Waals surface area (Å²) in [6, 6.07) is 7.27. The fourth-order valence-corrected chi connectivity index (χ4v) is 1.63. The molecule has 4 heteroatoms. The van der Waals surface area contributed by atoms with Crippen LogP contribution in [0.4, 0.5) is 0 Å². The summed E-state index contributed by atoms with van der Waals surface area (Å²) in [5.74, 6) is 0.447. The molecule has 0 aliphatic heterocycles. The molecule has 0 saturated carbocycles. The minimum Gasteiger partial charge on any atom is -0.494 e. The predicted octanol–water partition coefficient (Wildman–Crippen LogP) is 2.46. The summed E-state index contributed by atoms with van der Waals surface area (Å²) in [5, 5.41) is 9.97. The smallest absolute Gasteiger partial charge is 0.305 e. The summed E-state index contributed by atoms with van der Waals surface area (Å²) in [6.45, 7) is 4.63. The van der Waals surface area contributed by atoms with Gasteiger partial charge in [0.1, 0.15) is 5.75 Å². The maximum absolute atomic E-state index is 11.2. The van der Waals surface area contributed by atoms with E-state index in [9.17, 15) is 9.90 Å². The van der Waals surface area contributed by atoms with Crippen molar-refractivity contribution < 1.29 is 19.4 Å². The zero-order valence-electron chi connectivity index (χ0n) is 10.9. The van der Waals surface area contributed by atoms with Crippen molar-refractivity contribution in [3.05, 3.63) is 29.8 Å². The van der Waals surface area contributed by atoms with Gasteiger partial charge in [0.2, 0.25) is 0 Å². The monoisotopic (exact) mass is 252 g/mol. The van der Waals surface area contributed by atoms with Gasteiger partial charge in [0, 0.05) is 6.42 Å². The first-order valence-electron chi connectivity index (χ1n) is 6.23. The minimum absolute atomic E-state index is 0.216. The van der Waals surface area contributed by atoms with Gasteiger partial charge >= 0.3 is 5.97 Å². The van der Waals surface area contributed by atoms with Gasteiger partial charge in [0.15, 0.2) is 0 Å². The molecule has 18 heavy (non-hydrogen) atoms. The quantitative estimate of drug-likeness (QED) is 0.757. The highest BCUT2D eigenvalue weighted by Gasteiger charge is 2.11. The second-order valence-corrected chi connectivity index (χ2v) is 3.86. The van der Waals surface area contributed by atoms with Crippen molar-refractivity contribution in [3.8, 4) is 5.75 Å². The second-order valence-electron chi connectivity index (χ2n) is 3.86. The molecule has 100 valence electrons. The van der Waals surface area contributed by atoms with E-state index in [1.54, 1.807) is 13.0 Å². The number of carbonyl (C=O) groups excluding carboxylic acids is 1. The molecule has 1 aromatic rings. The average Bonchev–Trinajstić information content (AvgIpc) is 2.37. The van der Waals surface area contributed by atoms with Crippen LogP contribution >= 0.6 is 0 Å². The van der Waals surface area contributed by atoms with Crippen molar-refractivity contribution in [1.29, 1.82) is 0 Å². The molecule has 1 atom stereocenters. The van der Waals surface area contributed by atoms with E-state index in [0.717, 1.165) is 11.3 Å². The maximum atomic E-state index is 11.2. The van der Waals surface area contributed by atoms with Gasteiger partial charge in [-0.3, -0.25) is 4.79 Å². The van der Waals surface area contributed by atoms with Gasteiger partial charge in [-0.15, -0.1) is 0 Å². The molecule has 0 radical (unpaired) electrons. The van der Waals surface area contributed by atoms with E-state index in [-0.39, 0.29) is 12.4 Å². The van der Waals surface area contributed by atoms with E-state index in [0.29, 0.717) is 19.6 Å². The molecule has 0 heterocycles. The molecule has 1 aromatic carbocycles. The third-order valence-electron chi connectivity index (χ3n) is 2.48. The summed E-state index contributed by atoms with van der Waals surface area (Å²) < 4.78 is 10.2. The highest BCUT2D eigenvalue weighted by atomic mass is 16.5. The zero-order chi connectivity index (χ0) is 13.4. The van der Waals surface area contributed by atoms with Gasteiger partial charge in [0.05, 0.1) is 19.3 Å². The van der Waals surface area contributed by atoms with Crippen LogP contribution < -0.4 is 4.74 Å². The van der Waals surface area contributed by atoms with Crippen molar-refractivity contribution in [3.63, 3.8) is 0 Å². The number of hydrogen-bond donors (Lipinski definition) is 1. The van der Waals surface area contributed by atoms with Crippen molar-refractivity contribution in [2.24, 2.45) is 0 Å². The number of esters is 1. The highest BCUT2D eigenvalue weighted by molar-refractivity contribution is 5.69. The first kappa shape index (κ1) is 14.5. The molecule has 0 aliphatic rings. The van der Waals surface area contributed by atoms with Crippen LogP contribution in [0.15, 0.2) is 24.3 Å².